The molecule has 0 spiro atoms. The molecule has 37 heavy (non-hydrogen) atoms. The van der Waals surface area contributed by atoms with E-state index >= 15 is 0 Å². The van der Waals surface area contributed by atoms with Crippen LogP contribution in [-0.2, 0) is 17.8 Å². The predicted octanol–water partition coefficient (Wildman–Crippen LogP) is 5.34. The van der Waals surface area contributed by atoms with E-state index in [-0.39, 0.29) is 18.9 Å². The summed E-state index contributed by atoms with van der Waals surface area (Å²) in [6.45, 7) is 2.27. The van der Waals surface area contributed by atoms with Gasteiger partial charge in [0.2, 0.25) is 5.91 Å². The minimum atomic E-state index is -0.441. The lowest BCUT2D eigenvalue weighted by Crippen LogP contribution is -2.39. The Morgan fingerprint density at radius 1 is 0.811 bits per heavy atom. The summed E-state index contributed by atoms with van der Waals surface area (Å²) in [7, 11) is 0. The van der Waals surface area contributed by atoms with Crippen molar-refractivity contribution >= 4 is 34.1 Å². The van der Waals surface area contributed by atoms with Gasteiger partial charge < -0.3 is 5.32 Å². The van der Waals surface area contributed by atoms with Gasteiger partial charge in [-0.25, -0.2) is 9.36 Å². The van der Waals surface area contributed by atoms with Crippen LogP contribution in [0.15, 0.2) is 107 Å². The second-order valence-electron chi connectivity index (χ2n) is 8.91. The highest BCUT2D eigenvalue weighted by atomic mass is 35.5. The van der Waals surface area contributed by atoms with E-state index in [1.54, 1.807) is 65.2 Å². The van der Waals surface area contributed by atoms with Gasteiger partial charge >= 0.3 is 5.69 Å². The fourth-order valence-corrected chi connectivity index (χ4v) is 4.39. The molecule has 1 amide bonds. The number of hydrogen-bond acceptors (Lipinski definition) is 3. The fourth-order valence-electron chi connectivity index (χ4n) is 4.26. The number of anilines is 1. The number of aryl methyl sites for hydroxylation is 1. The molecule has 0 aliphatic rings. The number of carbonyl (C=O) groups excluding carboxylic acids is 1. The number of halogens is 1. The summed E-state index contributed by atoms with van der Waals surface area (Å²) in [5, 5.41) is 3.93. The lowest BCUT2D eigenvalue weighted by molar-refractivity contribution is -0.115. The van der Waals surface area contributed by atoms with Gasteiger partial charge in [0.15, 0.2) is 0 Å². The average Bonchev–Trinajstić information content (AvgIpc) is 2.90. The van der Waals surface area contributed by atoms with Crippen molar-refractivity contribution in [3.63, 3.8) is 0 Å². The van der Waals surface area contributed by atoms with Gasteiger partial charge in [-0.3, -0.25) is 14.2 Å². The van der Waals surface area contributed by atoms with Gasteiger partial charge in [-0.1, -0.05) is 65.7 Å². The fraction of sp³-hybridized carbons (Fsp3) is 0.100. The molecule has 0 bridgehead atoms. The van der Waals surface area contributed by atoms with Crippen LogP contribution >= 0.6 is 11.6 Å². The minimum absolute atomic E-state index is 0.148. The standard InChI is InChI=1S/C30H24ClN3O3/c1-20-6-14-24(15-7-20)32-28(35)18-21-10-16-25(17-11-21)34-29(36)26-4-2-3-5-27(26)33(30(34)37)19-22-8-12-23(31)13-9-22/h2-17H,18-19H2,1H3,(H,32,35). The third kappa shape index (κ3) is 5.25. The summed E-state index contributed by atoms with van der Waals surface area (Å²) in [4.78, 5) is 39.4. The molecule has 1 aromatic heterocycles. The number of fused-ring (bicyclic) bond motifs is 1. The summed E-state index contributed by atoms with van der Waals surface area (Å²) in [6, 6.07) is 28.8. The van der Waals surface area contributed by atoms with Crippen molar-refractivity contribution in [1.29, 1.82) is 0 Å². The summed E-state index contributed by atoms with van der Waals surface area (Å²) >= 11 is 6.02. The van der Waals surface area contributed by atoms with Crippen LogP contribution in [0, 0.1) is 6.92 Å². The van der Waals surface area contributed by atoms with E-state index in [2.05, 4.69) is 5.32 Å². The molecular formula is C30H24ClN3O3. The first kappa shape index (κ1) is 24.3. The lowest BCUT2D eigenvalue weighted by atomic mass is 10.1. The zero-order valence-electron chi connectivity index (χ0n) is 20.1. The van der Waals surface area contributed by atoms with E-state index in [0.29, 0.717) is 21.6 Å². The van der Waals surface area contributed by atoms with Gasteiger partial charge in [0, 0.05) is 10.7 Å². The first-order valence-corrected chi connectivity index (χ1v) is 12.2. The van der Waals surface area contributed by atoms with Crippen molar-refractivity contribution in [3.05, 3.63) is 140 Å². The van der Waals surface area contributed by atoms with Crippen molar-refractivity contribution in [2.75, 3.05) is 5.32 Å². The molecule has 0 unspecified atom stereocenters. The Kier molecular flexibility index (Phi) is 6.75. The molecule has 0 atom stereocenters. The zero-order valence-corrected chi connectivity index (χ0v) is 20.9. The van der Waals surface area contributed by atoms with Gasteiger partial charge in [0.1, 0.15) is 0 Å². The van der Waals surface area contributed by atoms with Crippen LogP contribution in [0.2, 0.25) is 5.02 Å². The molecule has 0 aliphatic heterocycles. The van der Waals surface area contributed by atoms with Crippen molar-refractivity contribution in [3.8, 4) is 5.69 Å². The number of para-hydroxylation sites is 1. The van der Waals surface area contributed by atoms with E-state index in [4.69, 9.17) is 11.6 Å². The summed E-state index contributed by atoms with van der Waals surface area (Å²) in [5.41, 5.74) is 3.67. The van der Waals surface area contributed by atoms with E-state index in [1.165, 1.54) is 4.57 Å². The van der Waals surface area contributed by atoms with Gasteiger partial charge in [-0.2, -0.15) is 0 Å². The van der Waals surface area contributed by atoms with Crippen molar-refractivity contribution in [2.45, 2.75) is 19.9 Å². The van der Waals surface area contributed by atoms with Crippen molar-refractivity contribution < 1.29 is 4.79 Å². The molecule has 0 saturated heterocycles. The van der Waals surface area contributed by atoms with E-state index in [0.717, 1.165) is 22.4 Å². The van der Waals surface area contributed by atoms with E-state index in [1.807, 2.05) is 43.3 Å². The van der Waals surface area contributed by atoms with Crippen molar-refractivity contribution in [1.82, 2.24) is 9.13 Å². The number of benzene rings is 4. The molecule has 6 nitrogen and oxygen atoms in total. The molecule has 1 heterocycles. The zero-order chi connectivity index (χ0) is 25.9. The number of hydrogen-bond donors (Lipinski definition) is 1. The number of aromatic nitrogens is 2. The van der Waals surface area contributed by atoms with Crippen LogP contribution in [0.3, 0.4) is 0 Å². The SMILES string of the molecule is Cc1ccc(NC(=O)Cc2ccc(-n3c(=O)c4ccccc4n(Cc4ccc(Cl)cc4)c3=O)cc2)cc1. The maximum atomic E-state index is 13.6. The molecule has 7 heteroatoms. The number of carbonyl (C=O) groups is 1. The van der Waals surface area contributed by atoms with Crippen LogP contribution < -0.4 is 16.6 Å². The molecule has 0 aliphatic carbocycles. The molecule has 0 radical (unpaired) electrons. The molecule has 0 fully saturated rings. The Balaban J connectivity index is 1.47. The topological polar surface area (TPSA) is 73.1 Å². The molecule has 5 rings (SSSR count). The van der Waals surface area contributed by atoms with Crippen LogP contribution in [0.5, 0.6) is 0 Å². The number of nitrogens with zero attached hydrogens (tertiary/aromatic N) is 2. The third-order valence-corrected chi connectivity index (χ3v) is 6.45. The Morgan fingerprint density at radius 2 is 1.46 bits per heavy atom. The Bertz CT molecular complexity index is 1700. The van der Waals surface area contributed by atoms with Gasteiger partial charge in [-0.15, -0.1) is 0 Å². The van der Waals surface area contributed by atoms with Crippen LogP contribution in [0.1, 0.15) is 16.7 Å². The predicted molar refractivity (Wildman–Crippen MR) is 148 cm³/mol. The van der Waals surface area contributed by atoms with Gasteiger partial charge in [-0.05, 0) is 66.6 Å². The lowest BCUT2D eigenvalue weighted by Gasteiger charge is -2.15. The number of nitrogens with one attached hydrogen (secondary N) is 1. The van der Waals surface area contributed by atoms with E-state index < -0.39 is 11.2 Å². The molecular weight excluding hydrogens is 486 g/mol. The molecule has 0 saturated carbocycles. The molecule has 184 valence electrons. The molecule has 1 N–H and O–H groups in total. The van der Waals surface area contributed by atoms with Crippen LogP contribution in [0.4, 0.5) is 5.69 Å². The Hall–Kier alpha value is -4.42. The molecule has 5 aromatic rings. The highest BCUT2D eigenvalue weighted by molar-refractivity contribution is 6.30. The Morgan fingerprint density at radius 3 is 2.16 bits per heavy atom. The summed E-state index contributed by atoms with van der Waals surface area (Å²) in [5.74, 6) is -0.148. The highest BCUT2D eigenvalue weighted by Gasteiger charge is 2.15. The summed E-state index contributed by atoms with van der Waals surface area (Å²) < 4.78 is 2.76. The normalized spacial score (nSPS) is 11.0. The second-order valence-corrected chi connectivity index (χ2v) is 9.35. The molecule has 4 aromatic carbocycles. The smallest absolute Gasteiger partial charge is 0.326 e. The highest BCUT2D eigenvalue weighted by Crippen LogP contribution is 2.15. The number of rotatable bonds is 6. The Labute approximate surface area is 218 Å². The van der Waals surface area contributed by atoms with Crippen molar-refractivity contribution in [2.24, 2.45) is 0 Å². The van der Waals surface area contributed by atoms with Crippen LogP contribution in [0.25, 0.3) is 16.6 Å². The second kappa shape index (κ2) is 10.3. The van der Waals surface area contributed by atoms with Crippen LogP contribution in [-0.4, -0.2) is 15.0 Å². The van der Waals surface area contributed by atoms with E-state index in [9.17, 15) is 14.4 Å². The van der Waals surface area contributed by atoms with Gasteiger partial charge in [0.25, 0.3) is 5.56 Å². The number of amides is 1. The quantitative estimate of drug-likeness (QED) is 0.335. The monoisotopic (exact) mass is 509 g/mol. The third-order valence-electron chi connectivity index (χ3n) is 6.20. The first-order chi connectivity index (χ1) is 17.9. The summed E-state index contributed by atoms with van der Waals surface area (Å²) in [6.07, 6.45) is 0.168. The van der Waals surface area contributed by atoms with Gasteiger partial charge in [0.05, 0.1) is 29.6 Å². The average molecular weight is 510 g/mol. The maximum Gasteiger partial charge on any atom is 0.336 e. The first-order valence-electron chi connectivity index (χ1n) is 11.8. The maximum absolute atomic E-state index is 13.6. The minimum Gasteiger partial charge on any atom is -0.326 e. The largest absolute Gasteiger partial charge is 0.336 e.